The van der Waals surface area contributed by atoms with Crippen LogP contribution in [0.1, 0.15) is 39.2 Å². The van der Waals surface area contributed by atoms with Gasteiger partial charge < -0.3 is 26.0 Å². The summed E-state index contributed by atoms with van der Waals surface area (Å²) in [6, 6.07) is 11.0. The van der Waals surface area contributed by atoms with Crippen LogP contribution in [0.25, 0.3) is 10.9 Å². The number of aryl methyl sites for hydroxylation is 1. The number of fused-ring (bicyclic) bond motifs is 3. The number of β-amino-alcohol motifs (C(OH)–C–C–N with tert-alkyl or cyclic N) is 1. The van der Waals surface area contributed by atoms with E-state index in [1.807, 2.05) is 18.2 Å². The lowest BCUT2D eigenvalue weighted by atomic mass is 9.45. The van der Waals surface area contributed by atoms with Gasteiger partial charge in [0.2, 0.25) is 11.9 Å². The zero-order valence-electron chi connectivity index (χ0n) is 26.1. The highest BCUT2D eigenvalue weighted by Gasteiger charge is 2.56. The second kappa shape index (κ2) is 12.5. The molecule has 1 amide bonds. The van der Waals surface area contributed by atoms with Crippen LogP contribution < -0.4 is 21.5 Å². The van der Waals surface area contributed by atoms with Gasteiger partial charge in [-0.3, -0.25) is 14.2 Å². The summed E-state index contributed by atoms with van der Waals surface area (Å²) in [5.41, 5.74) is 2.22. The number of aliphatic hydroxyl groups is 1. The predicted molar refractivity (Wildman–Crippen MR) is 180 cm³/mol. The molecule has 12 heteroatoms. The number of likely N-dealkylation sites (tertiary alicyclic amines) is 1. The Hall–Kier alpha value is -3.34. The quantitative estimate of drug-likeness (QED) is 0.207. The van der Waals surface area contributed by atoms with Gasteiger partial charge in [-0.1, -0.05) is 50.0 Å². The van der Waals surface area contributed by atoms with Crippen molar-refractivity contribution in [3.63, 3.8) is 0 Å². The lowest BCUT2D eigenvalue weighted by Crippen LogP contribution is -2.58. The average Bonchev–Trinajstić information content (AvgIpc) is 2.98. The maximum atomic E-state index is 13.8. The molecule has 3 unspecified atom stereocenters. The minimum absolute atomic E-state index is 0.0411. The number of aromatic nitrogens is 2. The first-order valence-corrected chi connectivity index (χ1v) is 16.4. The van der Waals surface area contributed by atoms with Gasteiger partial charge in [-0.15, -0.1) is 0 Å². The second-order valence-electron chi connectivity index (χ2n) is 13.3. The highest BCUT2D eigenvalue weighted by atomic mass is 35.5. The third-order valence-electron chi connectivity index (χ3n) is 10.3. The molecule has 4 fully saturated rings. The van der Waals surface area contributed by atoms with Crippen molar-refractivity contribution in [3.05, 3.63) is 62.4 Å². The van der Waals surface area contributed by atoms with Gasteiger partial charge in [0.05, 0.1) is 29.6 Å². The summed E-state index contributed by atoms with van der Waals surface area (Å²) in [7, 11) is 1.56. The number of carbonyl (C=O) groups is 1. The number of carbonyl (C=O) groups excluding carboxylic acids is 1. The van der Waals surface area contributed by atoms with E-state index in [0.717, 1.165) is 23.6 Å². The molecule has 3 saturated carbocycles. The molecule has 4 atom stereocenters. The van der Waals surface area contributed by atoms with Crippen LogP contribution in [0.3, 0.4) is 0 Å². The standard InChI is InChI=1S/C33H41Cl2N7O3/c1-18-25-11-20(33(25,2)3)12-27(18)39-32(41-16-23(43)17-41)38-22-7-8-24-28(14-22)40-31(37-15-29(44)36-4)42(30(24)45)10-9-19-5-6-21(34)13-26(19)35/h5-8,13-14,18,20,23,25,27,43H,9-12,15-17H2,1-4H3,(H,36,44)(H,37,40)(H,38,39)/t18?,20?,25-,27?/m1/s1. The van der Waals surface area contributed by atoms with E-state index >= 15 is 0 Å². The molecule has 3 aromatic rings. The highest BCUT2D eigenvalue weighted by molar-refractivity contribution is 6.35. The third-order valence-corrected chi connectivity index (χ3v) is 10.9. The monoisotopic (exact) mass is 653 g/mol. The van der Waals surface area contributed by atoms with Crippen molar-refractivity contribution in [2.75, 3.05) is 37.3 Å². The van der Waals surface area contributed by atoms with Crippen LogP contribution in [-0.4, -0.2) is 70.3 Å². The molecule has 1 aromatic heterocycles. The molecule has 240 valence electrons. The Morgan fingerprint density at radius 3 is 2.60 bits per heavy atom. The molecule has 2 bridgehead atoms. The molecular weight excluding hydrogens is 613 g/mol. The number of halogens is 2. The fourth-order valence-corrected chi connectivity index (χ4v) is 7.75. The fraction of sp³-hybridized carbons (Fsp3) is 0.515. The summed E-state index contributed by atoms with van der Waals surface area (Å²) < 4.78 is 1.54. The zero-order valence-corrected chi connectivity index (χ0v) is 27.6. The van der Waals surface area contributed by atoms with Crippen molar-refractivity contribution >= 4 is 57.6 Å². The molecule has 2 aromatic carbocycles. The molecule has 45 heavy (non-hydrogen) atoms. The molecule has 4 aliphatic rings. The number of guanidine groups is 1. The Bertz CT molecular complexity index is 1700. The van der Waals surface area contributed by atoms with E-state index in [1.165, 1.54) is 11.0 Å². The second-order valence-corrected chi connectivity index (χ2v) is 14.1. The topological polar surface area (TPSA) is 124 Å². The Morgan fingerprint density at radius 1 is 1.16 bits per heavy atom. The van der Waals surface area contributed by atoms with Crippen LogP contribution >= 0.6 is 23.2 Å². The van der Waals surface area contributed by atoms with Crippen LogP contribution in [0, 0.1) is 23.2 Å². The molecular formula is C33H41Cl2N7O3. The van der Waals surface area contributed by atoms with E-state index in [2.05, 4.69) is 41.6 Å². The van der Waals surface area contributed by atoms with Gasteiger partial charge in [-0.05, 0) is 78.3 Å². The Kier molecular flexibility index (Phi) is 8.76. The van der Waals surface area contributed by atoms with E-state index < -0.39 is 0 Å². The van der Waals surface area contributed by atoms with Gasteiger partial charge in [0.25, 0.3) is 5.56 Å². The van der Waals surface area contributed by atoms with Crippen molar-refractivity contribution in [2.24, 2.45) is 28.2 Å². The summed E-state index contributed by atoms with van der Waals surface area (Å²) in [6.45, 7) is 8.38. The van der Waals surface area contributed by atoms with Crippen LogP contribution in [0.2, 0.25) is 10.0 Å². The Morgan fingerprint density at radius 2 is 1.93 bits per heavy atom. The summed E-state index contributed by atoms with van der Waals surface area (Å²) in [5.74, 6) is 2.61. The lowest BCUT2D eigenvalue weighted by molar-refractivity contribution is -0.118. The van der Waals surface area contributed by atoms with E-state index in [4.69, 9.17) is 33.2 Å². The number of amides is 1. The number of hydrogen-bond acceptors (Lipinski definition) is 6. The molecule has 2 heterocycles. The number of likely N-dealkylation sites (N-methyl/N-ethyl adjacent to an activating group) is 1. The number of aliphatic imine (C=N–C) groups is 1. The normalized spacial score (nSPS) is 24.2. The van der Waals surface area contributed by atoms with E-state index in [-0.39, 0.29) is 36.1 Å². The first-order valence-electron chi connectivity index (χ1n) is 15.7. The molecule has 7 rings (SSSR count). The summed E-state index contributed by atoms with van der Waals surface area (Å²) >= 11 is 12.5. The smallest absolute Gasteiger partial charge is 0.262 e. The Labute approximate surface area is 273 Å². The molecule has 4 N–H and O–H groups in total. The number of anilines is 2. The van der Waals surface area contributed by atoms with E-state index in [0.29, 0.717) is 70.2 Å². The summed E-state index contributed by atoms with van der Waals surface area (Å²) in [4.78, 5) is 38.0. The van der Waals surface area contributed by atoms with Crippen molar-refractivity contribution in [3.8, 4) is 0 Å². The maximum absolute atomic E-state index is 13.8. The summed E-state index contributed by atoms with van der Waals surface area (Å²) in [5, 5.41) is 20.7. The van der Waals surface area contributed by atoms with Crippen molar-refractivity contribution in [1.29, 1.82) is 0 Å². The van der Waals surface area contributed by atoms with Gasteiger partial charge >= 0.3 is 0 Å². The van der Waals surface area contributed by atoms with Crippen LogP contribution in [0.4, 0.5) is 11.6 Å². The number of nitrogens with one attached hydrogen (secondary N) is 3. The molecule has 1 aliphatic heterocycles. The van der Waals surface area contributed by atoms with E-state index in [1.54, 1.807) is 25.2 Å². The molecule has 10 nitrogen and oxygen atoms in total. The molecule has 0 radical (unpaired) electrons. The number of aliphatic hydroxyl groups excluding tert-OH is 1. The van der Waals surface area contributed by atoms with Crippen molar-refractivity contribution in [2.45, 2.75) is 58.7 Å². The minimum atomic E-state index is -0.374. The number of benzene rings is 2. The van der Waals surface area contributed by atoms with Crippen LogP contribution in [-0.2, 0) is 17.8 Å². The van der Waals surface area contributed by atoms with E-state index in [9.17, 15) is 14.7 Å². The molecule has 3 aliphatic carbocycles. The highest BCUT2D eigenvalue weighted by Crippen LogP contribution is 2.61. The first kappa shape index (κ1) is 31.6. The number of nitrogens with zero attached hydrogens (tertiary/aromatic N) is 4. The lowest BCUT2D eigenvalue weighted by Gasteiger charge is -2.61. The molecule has 1 saturated heterocycles. The van der Waals surface area contributed by atoms with Gasteiger partial charge in [0.15, 0.2) is 5.96 Å². The zero-order chi connectivity index (χ0) is 32.0. The van der Waals surface area contributed by atoms with Crippen LogP contribution in [0.15, 0.2) is 46.2 Å². The predicted octanol–water partition coefficient (Wildman–Crippen LogP) is 4.62. The largest absolute Gasteiger partial charge is 0.389 e. The summed E-state index contributed by atoms with van der Waals surface area (Å²) in [6.07, 6.45) is 2.44. The minimum Gasteiger partial charge on any atom is -0.389 e. The van der Waals surface area contributed by atoms with Gasteiger partial charge in [0, 0.05) is 42.4 Å². The van der Waals surface area contributed by atoms with Gasteiger partial charge in [-0.25, -0.2) is 9.98 Å². The fourth-order valence-electron chi connectivity index (χ4n) is 7.25. The average molecular weight is 655 g/mol. The molecule has 0 spiro atoms. The van der Waals surface area contributed by atoms with Crippen LogP contribution in [0.5, 0.6) is 0 Å². The number of hydrogen-bond donors (Lipinski definition) is 4. The Balaban J connectivity index is 1.30. The van der Waals surface area contributed by atoms with Crippen molar-refractivity contribution < 1.29 is 9.90 Å². The van der Waals surface area contributed by atoms with Gasteiger partial charge in [-0.2, -0.15) is 0 Å². The SMILES string of the molecule is CNC(=O)CNc1nc2cc(NC(=NC3CC4C[C@H](C3C)C4(C)C)N3CC(O)C3)ccc2c(=O)n1CCc1ccc(Cl)cc1Cl. The first-order chi connectivity index (χ1) is 21.4. The third kappa shape index (κ3) is 6.24. The van der Waals surface area contributed by atoms with Crippen molar-refractivity contribution in [1.82, 2.24) is 19.8 Å². The maximum Gasteiger partial charge on any atom is 0.262 e. The number of rotatable bonds is 8. The van der Waals surface area contributed by atoms with Gasteiger partial charge in [0.1, 0.15) is 0 Å².